The van der Waals surface area contributed by atoms with Crippen molar-refractivity contribution in [3.8, 4) is 0 Å². The highest BCUT2D eigenvalue weighted by atomic mass is 16.6. The van der Waals surface area contributed by atoms with Crippen LogP contribution >= 0.6 is 0 Å². The summed E-state index contributed by atoms with van der Waals surface area (Å²) in [4.78, 5) is 62.7. The van der Waals surface area contributed by atoms with Crippen LogP contribution in [-0.2, 0) is 47.7 Å². The van der Waals surface area contributed by atoms with Crippen molar-refractivity contribution < 1.29 is 52.8 Å². The van der Waals surface area contributed by atoms with Gasteiger partial charge in [0.15, 0.2) is 11.7 Å². The number of fused-ring (bicyclic) bond motifs is 2. The number of hydrogen-bond donors (Lipinski definition) is 1. The van der Waals surface area contributed by atoms with Gasteiger partial charge in [0.05, 0.1) is 11.3 Å². The highest BCUT2D eigenvalue weighted by Gasteiger charge is 2.68. The van der Waals surface area contributed by atoms with E-state index in [-0.39, 0.29) is 24.8 Å². The van der Waals surface area contributed by atoms with Gasteiger partial charge in [-0.3, -0.25) is 24.0 Å². The number of ether oxygens (including phenoxy) is 5. The van der Waals surface area contributed by atoms with Gasteiger partial charge in [-0.15, -0.1) is 0 Å². The first-order valence-electron chi connectivity index (χ1n) is 13.6. The van der Waals surface area contributed by atoms with Gasteiger partial charge >= 0.3 is 29.8 Å². The van der Waals surface area contributed by atoms with E-state index < -0.39 is 83.2 Å². The fraction of sp³-hybridized carbons (Fsp3) is 0.690. The SMILES string of the molecule is C=C1C(OC(=O)CC)CC(OC(C)=O)C2(C)C(OC(C)=O)CCC(C)=CC3OC(=O)C(C)C3(O)C(OC(C)=O)C12. The Morgan fingerprint density at radius 2 is 1.62 bits per heavy atom. The molecule has 1 heterocycles. The Balaban J connectivity index is 2.39. The number of allylic oxidation sites excluding steroid dienone is 1. The predicted molar refractivity (Wildman–Crippen MR) is 139 cm³/mol. The second-order valence-electron chi connectivity index (χ2n) is 11.2. The molecule has 0 aromatic rings. The van der Waals surface area contributed by atoms with Crippen molar-refractivity contribution in [1.29, 1.82) is 0 Å². The summed E-state index contributed by atoms with van der Waals surface area (Å²) in [6.07, 6.45) is -3.35. The molecule has 11 nitrogen and oxygen atoms in total. The number of hydrogen-bond acceptors (Lipinski definition) is 11. The molecule has 40 heavy (non-hydrogen) atoms. The summed E-state index contributed by atoms with van der Waals surface area (Å²) in [5, 5.41) is 12.4. The van der Waals surface area contributed by atoms with Crippen LogP contribution in [-0.4, -0.2) is 71.1 Å². The molecule has 9 unspecified atom stereocenters. The molecule has 9 atom stereocenters. The number of aliphatic hydroxyl groups is 1. The van der Waals surface area contributed by atoms with Crippen LogP contribution in [0.4, 0.5) is 0 Å². The lowest BCUT2D eigenvalue weighted by Gasteiger charge is -2.56. The van der Waals surface area contributed by atoms with Crippen LogP contribution < -0.4 is 0 Å². The number of carbonyl (C=O) groups is 5. The van der Waals surface area contributed by atoms with E-state index in [0.29, 0.717) is 6.42 Å². The van der Waals surface area contributed by atoms with Crippen LogP contribution in [0.2, 0.25) is 0 Å². The topological polar surface area (TPSA) is 152 Å². The molecule has 0 aromatic heterocycles. The molecule has 0 aromatic carbocycles. The molecule has 222 valence electrons. The van der Waals surface area contributed by atoms with Crippen molar-refractivity contribution >= 4 is 29.8 Å². The molecule has 2 aliphatic carbocycles. The van der Waals surface area contributed by atoms with E-state index in [1.54, 1.807) is 26.8 Å². The van der Waals surface area contributed by atoms with Gasteiger partial charge in [0, 0.05) is 39.5 Å². The fourth-order valence-electron chi connectivity index (χ4n) is 6.41. The van der Waals surface area contributed by atoms with E-state index in [0.717, 1.165) is 12.5 Å². The molecule has 0 amide bonds. The minimum atomic E-state index is -2.10. The maximum absolute atomic E-state index is 12.9. The van der Waals surface area contributed by atoms with E-state index in [1.165, 1.54) is 20.8 Å². The lowest BCUT2D eigenvalue weighted by Crippen LogP contribution is -2.67. The molecule has 0 radical (unpaired) electrons. The third-order valence-corrected chi connectivity index (χ3v) is 8.51. The average Bonchev–Trinajstić information content (AvgIpc) is 3.06. The zero-order valence-electron chi connectivity index (χ0n) is 24.2. The maximum atomic E-state index is 12.9. The van der Waals surface area contributed by atoms with E-state index in [2.05, 4.69) is 6.58 Å². The molecule has 3 rings (SSSR count). The Bertz CT molecular complexity index is 1110. The maximum Gasteiger partial charge on any atom is 0.312 e. The largest absolute Gasteiger partial charge is 0.462 e. The molecule has 11 heteroatoms. The molecule has 0 spiro atoms. The summed E-state index contributed by atoms with van der Waals surface area (Å²) in [6, 6.07) is 0. The normalized spacial score (nSPS) is 37.6. The molecule has 1 saturated heterocycles. The standard InChI is InChI=1S/C29H40O11/c1-9-24(33)39-20-13-22(37-18(6)31)28(8)21(36-17(5)30)11-10-14(2)12-23-29(35,16(4)27(34)40-23)26(38-19(7)32)25(28)15(20)3/h12,16,20-23,25-26,35H,3,9-11,13H2,1-2,4-8H3. The minimum absolute atomic E-state index is 0.0105. The Kier molecular flexibility index (Phi) is 9.18. The van der Waals surface area contributed by atoms with Crippen molar-refractivity contribution in [2.24, 2.45) is 17.3 Å². The zero-order valence-corrected chi connectivity index (χ0v) is 24.2. The van der Waals surface area contributed by atoms with Gasteiger partial charge in [-0.1, -0.05) is 26.0 Å². The Morgan fingerprint density at radius 1 is 1.05 bits per heavy atom. The second-order valence-corrected chi connectivity index (χ2v) is 11.2. The van der Waals surface area contributed by atoms with E-state index in [9.17, 15) is 29.1 Å². The monoisotopic (exact) mass is 564 g/mol. The van der Waals surface area contributed by atoms with Crippen molar-refractivity contribution in [2.75, 3.05) is 0 Å². The number of carbonyl (C=O) groups excluding carboxylic acids is 5. The van der Waals surface area contributed by atoms with Crippen LogP contribution in [0.5, 0.6) is 0 Å². The highest BCUT2D eigenvalue weighted by molar-refractivity contribution is 5.78. The summed E-state index contributed by atoms with van der Waals surface area (Å²) >= 11 is 0. The van der Waals surface area contributed by atoms with E-state index >= 15 is 0 Å². The van der Waals surface area contributed by atoms with Gasteiger partial charge in [-0.05, 0) is 38.3 Å². The molecular formula is C29H40O11. The first kappa shape index (κ1) is 31.3. The molecular weight excluding hydrogens is 524 g/mol. The third kappa shape index (κ3) is 5.66. The van der Waals surface area contributed by atoms with Gasteiger partial charge in [0.1, 0.15) is 24.4 Å². The van der Waals surface area contributed by atoms with Gasteiger partial charge in [-0.2, -0.15) is 0 Å². The Labute approximate surface area is 234 Å². The first-order chi connectivity index (χ1) is 18.6. The highest BCUT2D eigenvalue weighted by Crippen LogP contribution is 2.56. The molecule has 1 aliphatic heterocycles. The number of rotatable bonds is 5. The summed E-state index contributed by atoms with van der Waals surface area (Å²) in [5.74, 6) is -5.51. The van der Waals surface area contributed by atoms with Gasteiger partial charge in [0.2, 0.25) is 0 Å². The van der Waals surface area contributed by atoms with Gasteiger partial charge < -0.3 is 28.8 Å². The van der Waals surface area contributed by atoms with Crippen molar-refractivity contribution in [3.63, 3.8) is 0 Å². The van der Waals surface area contributed by atoms with Crippen LogP contribution in [0.3, 0.4) is 0 Å². The lowest BCUT2D eigenvalue weighted by molar-refractivity contribution is -0.226. The van der Waals surface area contributed by atoms with Crippen LogP contribution in [0.25, 0.3) is 0 Å². The molecule has 0 bridgehead atoms. The third-order valence-electron chi connectivity index (χ3n) is 8.51. The van der Waals surface area contributed by atoms with Gasteiger partial charge in [-0.25, -0.2) is 0 Å². The van der Waals surface area contributed by atoms with Crippen molar-refractivity contribution in [1.82, 2.24) is 0 Å². The fourth-order valence-corrected chi connectivity index (χ4v) is 6.41. The van der Waals surface area contributed by atoms with E-state index in [1.807, 2.05) is 0 Å². The van der Waals surface area contributed by atoms with Gasteiger partial charge in [0.25, 0.3) is 0 Å². The smallest absolute Gasteiger partial charge is 0.312 e. The summed E-state index contributed by atoms with van der Waals surface area (Å²) in [6.45, 7) is 14.4. The minimum Gasteiger partial charge on any atom is -0.462 e. The lowest BCUT2D eigenvalue weighted by atomic mass is 9.54. The summed E-state index contributed by atoms with van der Waals surface area (Å²) < 4.78 is 28.8. The van der Waals surface area contributed by atoms with Crippen LogP contribution in [0.1, 0.15) is 74.1 Å². The van der Waals surface area contributed by atoms with Crippen LogP contribution in [0.15, 0.2) is 23.8 Å². The summed E-state index contributed by atoms with van der Waals surface area (Å²) in [7, 11) is 0. The zero-order chi connectivity index (χ0) is 30.2. The quantitative estimate of drug-likeness (QED) is 0.298. The predicted octanol–water partition coefficient (Wildman–Crippen LogP) is 2.72. The number of esters is 5. The average molecular weight is 565 g/mol. The first-order valence-corrected chi connectivity index (χ1v) is 13.6. The Morgan fingerprint density at radius 3 is 2.17 bits per heavy atom. The Hall–Kier alpha value is -3.21. The van der Waals surface area contributed by atoms with Crippen molar-refractivity contribution in [2.45, 2.75) is 110 Å². The van der Waals surface area contributed by atoms with E-state index in [4.69, 9.17) is 23.7 Å². The molecule has 1 saturated carbocycles. The van der Waals surface area contributed by atoms with Crippen molar-refractivity contribution in [3.05, 3.63) is 23.8 Å². The molecule has 1 N–H and O–H groups in total. The van der Waals surface area contributed by atoms with Crippen LogP contribution in [0, 0.1) is 17.3 Å². The second kappa shape index (κ2) is 11.7. The molecule has 3 aliphatic rings. The molecule has 2 fully saturated rings. The summed E-state index contributed by atoms with van der Waals surface area (Å²) in [5.41, 5.74) is -2.46.